The zero-order chi connectivity index (χ0) is 21.3. The minimum absolute atomic E-state index is 0.460. The van der Waals surface area contributed by atoms with E-state index in [2.05, 4.69) is 120 Å². The first-order chi connectivity index (χ1) is 13.7. The molecule has 2 heteroatoms. The summed E-state index contributed by atoms with van der Waals surface area (Å²) in [6.45, 7) is 18.2. The van der Waals surface area contributed by atoms with Crippen molar-refractivity contribution in [3.05, 3.63) is 77.4 Å². The standard InChI is InChI=1S/C27H36N2/c1-18(2)22-11-9-12-23(19(3)4)26(22)28-15-16-29(17-28)27-24(20(5)6)13-10-14-25(27)21(7)8/h9-15,17-21H,1-8H3. The molecule has 0 N–H and O–H groups in total. The van der Waals surface area contributed by atoms with Gasteiger partial charge in [-0.2, -0.15) is 0 Å². The number of imidazole rings is 1. The summed E-state index contributed by atoms with van der Waals surface area (Å²) in [5.41, 5.74) is 8.10. The molecule has 29 heavy (non-hydrogen) atoms. The maximum absolute atomic E-state index is 3.52. The number of nitrogens with zero attached hydrogens (tertiary/aromatic N) is 2. The summed E-state index contributed by atoms with van der Waals surface area (Å²) in [4.78, 5) is 0. The Morgan fingerprint density at radius 1 is 0.655 bits per heavy atom. The highest BCUT2D eigenvalue weighted by Gasteiger charge is 2.19. The first-order valence-corrected chi connectivity index (χ1v) is 11.0. The van der Waals surface area contributed by atoms with E-state index < -0.39 is 0 Å². The molecule has 0 spiro atoms. The van der Waals surface area contributed by atoms with Gasteiger partial charge in [0.05, 0.1) is 12.4 Å². The zero-order valence-electron chi connectivity index (χ0n) is 19.3. The molecule has 3 rings (SSSR count). The molecule has 0 unspecified atom stereocenters. The minimum Gasteiger partial charge on any atom is -0.362 e. The molecule has 0 aliphatic rings. The van der Waals surface area contributed by atoms with E-state index in [-0.39, 0.29) is 0 Å². The van der Waals surface area contributed by atoms with Gasteiger partial charge in [-0.25, -0.2) is 0 Å². The van der Waals surface area contributed by atoms with Gasteiger partial charge in [-0.1, -0.05) is 103 Å². The maximum Gasteiger partial charge on any atom is 0.147 e. The highest BCUT2D eigenvalue weighted by molar-refractivity contribution is 5.51. The fourth-order valence-corrected chi connectivity index (χ4v) is 4.16. The van der Waals surface area contributed by atoms with Crippen LogP contribution in [0.5, 0.6) is 0 Å². The molecule has 0 atom stereocenters. The fourth-order valence-electron chi connectivity index (χ4n) is 4.16. The van der Waals surface area contributed by atoms with Crippen LogP contribution in [-0.2, 0) is 0 Å². The maximum atomic E-state index is 3.52. The van der Waals surface area contributed by atoms with Crippen LogP contribution in [0.15, 0.2) is 48.9 Å². The smallest absolute Gasteiger partial charge is 0.147 e. The molecular weight excluding hydrogens is 352 g/mol. The van der Waals surface area contributed by atoms with Crippen molar-refractivity contribution in [2.75, 3.05) is 0 Å². The summed E-state index contributed by atoms with van der Waals surface area (Å²) in [7, 11) is 0. The normalized spacial score (nSPS) is 12.0. The predicted molar refractivity (Wildman–Crippen MR) is 122 cm³/mol. The lowest BCUT2D eigenvalue weighted by Gasteiger charge is -2.22. The number of benzene rings is 2. The van der Waals surface area contributed by atoms with Crippen molar-refractivity contribution >= 4 is 0 Å². The van der Waals surface area contributed by atoms with Gasteiger partial charge in [-0.05, 0) is 23.7 Å². The Morgan fingerprint density at radius 3 is 1.48 bits per heavy atom. The second-order valence-electron chi connectivity index (χ2n) is 9.34. The Bertz CT molecular complexity index is 843. The van der Waals surface area contributed by atoms with Crippen LogP contribution in [0.4, 0.5) is 0 Å². The van der Waals surface area contributed by atoms with E-state index in [9.17, 15) is 0 Å². The average molecular weight is 389 g/mol. The van der Waals surface area contributed by atoms with Crippen LogP contribution < -0.4 is 4.57 Å². The Morgan fingerprint density at radius 2 is 1.07 bits per heavy atom. The third-order valence-corrected chi connectivity index (χ3v) is 5.76. The van der Waals surface area contributed by atoms with Crippen molar-refractivity contribution in [1.82, 2.24) is 4.57 Å². The predicted octanol–water partition coefficient (Wildman–Crippen LogP) is 7.05. The molecule has 0 saturated heterocycles. The number of rotatable bonds is 6. The summed E-state index contributed by atoms with van der Waals surface area (Å²) >= 11 is 0. The Kier molecular flexibility index (Phi) is 6.31. The number of aromatic nitrogens is 2. The summed E-state index contributed by atoms with van der Waals surface area (Å²) in [5, 5.41) is 0. The van der Waals surface area contributed by atoms with Crippen LogP contribution in [0.2, 0.25) is 0 Å². The van der Waals surface area contributed by atoms with Gasteiger partial charge >= 0.3 is 0 Å². The van der Waals surface area contributed by atoms with Crippen molar-refractivity contribution < 1.29 is 4.57 Å². The van der Waals surface area contributed by atoms with Gasteiger partial charge in [0.2, 0.25) is 0 Å². The van der Waals surface area contributed by atoms with Crippen LogP contribution in [0.1, 0.15) is 101 Å². The van der Waals surface area contributed by atoms with Gasteiger partial charge in [-0.15, -0.1) is 0 Å². The zero-order valence-corrected chi connectivity index (χ0v) is 19.3. The van der Waals surface area contributed by atoms with Crippen molar-refractivity contribution in [3.8, 4) is 11.4 Å². The fraction of sp³-hybridized carbons (Fsp3) is 0.444. The molecule has 0 saturated carbocycles. The van der Waals surface area contributed by atoms with Gasteiger partial charge in [0, 0.05) is 16.8 Å². The van der Waals surface area contributed by atoms with E-state index in [0.717, 1.165) is 0 Å². The van der Waals surface area contributed by atoms with Crippen LogP contribution in [-0.4, -0.2) is 4.57 Å². The molecule has 0 amide bonds. The highest BCUT2D eigenvalue weighted by atomic mass is 15.1. The van der Waals surface area contributed by atoms with Crippen LogP contribution >= 0.6 is 0 Å². The van der Waals surface area contributed by atoms with E-state index in [1.165, 1.54) is 33.6 Å². The Labute approximate surface area is 177 Å². The Balaban J connectivity index is 2.23. The molecule has 0 fully saturated rings. The van der Waals surface area contributed by atoms with Crippen LogP contribution in [0, 0.1) is 6.20 Å². The lowest BCUT2D eigenvalue weighted by molar-refractivity contribution is -0.600. The lowest BCUT2D eigenvalue weighted by atomic mass is 9.92. The largest absolute Gasteiger partial charge is 0.362 e. The van der Waals surface area contributed by atoms with Crippen LogP contribution in [0.3, 0.4) is 0 Å². The summed E-state index contributed by atoms with van der Waals surface area (Å²) < 4.78 is 4.47. The topological polar surface area (TPSA) is 8.81 Å². The quantitative estimate of drug-likeness (QED) is 0.316. The summed E-state index contributed by atoms with van der Waals surface area (Å²) in [5.74, 6) is 1.85. The second kappa shape index (κ2) is 8.57. The van der Waals surface area contributed by atoms with Gasteiger partial charge in [0.1, 0.15) is 12.0 Å². The lowest BCUT2D eigenvalue weighted by Crippen LogP contribution is -2.32. The molecule has 0 aliphatic carbocycles. The van der Waals surface area contributed by atoms with E-state index in [4.69, 9.17) is 0 Å². The molecule has 2 nitrogen and oxygen atoms in total. The van der Waals surface area contributed by atoms with Crippen molar-refractivity contribution in [2.45, 2.75) is 79.1 Å². The minimum atomic E-state index is 0.460. The molecule has 154 valence electrons. The van der Waals surface area contributed by atoms with E-state index >= 15 is 0 Å². The van der Waals surface area contributed by atoms with Crippen molar-refractivity contribution in [1.29, 1.82) is 0 Å². The van der Waals surface area contributed by atoms with Crippen LogP contribution in [0.25, 0.3) is 11.4 Å². The molecule has 3 aromatic rings. The van der Waals surface area contributed by atoms with Gasteiger partial charge in [0.15, 0.2) is 0 Å². The molecular formula is C27H36N2. The van der Waals surface area contributed by atoms with E-state index in [0.29, 0.717) is 23.7 Å². The highest BCUT2D eigenvalue weighted by Crippen LogP contribution is 2.32. The molecule has 2 aromatic carbocycles. The summed E-state index contributed by atoms with van der Waals surface area (Å²) in [6, 6.07) is 13.4. The van der Waals surface area contributed by atoms with Gasteiger partial charge in [-0.3, -0.25) is 4.57 Å². The molecule has 1 aromatic heterocycles. The third-order valence-electron chi connectivity index (χ3n) is 5.76. The van der Waals surface area contributed by atoms with Crippen molar-refractivity contribution in [3.63, 3.8) is 0 Å². The monoisotopic (exact) mass is 388 g/mol. The second-order valence-corrected chi connectivity index (χ2v) is 9.34. The number of para-hydroxylation sites is 2. The SMILES string of the molecule is CC(C)c1cccc(C(C)C)c1-n1c[c-][n+](-c2c(C(C)C)cccc2C(C)C)c1. The number of hydrogen-bond donors (Lipinski definition) is 0. The first kappa shape index (κ1) is 21.4. The van der Waals surface area contributed by atoms with Gasteiger partial charge in [0.25, 0.3) is 0 Å². The van der Waals surface area contributed by atoms with E-state index in [1.807, 2.05) is 0 Å². The average Bonchev–Trinajstić information content (AvgIpc) is 3.15. The third kappa shape index (κ3) is 4.17. The van der Waals surface area contributed by atoms with Crippen molar-refractivity contribution in [2.24, 2.45) is 0 Å². The molecule has 0 bridgehead atoms. The number of hydrogen-bond acceptors (Lipinski definition) is 0. The molecule has 0 radical (unpaired) electrons. The molecule has 1 heterocycles. The van der Waals surface area contributed by atoms with Gasteiger partial charge < -0.3 is 4.57 Å². The summed E-state index contributed by atoms with van der Waals surface area (Å²) in [6.07, 6.45) is 7.82. The molecule has 0 aliphatic heterocycles. The Hall–Kier alpha value is -2.35. The first-order valence-electron chi connectivity index (χ1n) is 11.0. The van der Waals surface area contributed by atoms with E-state index in [1.54, 1.807) is 0 Å².